The van der Waals surface area contributed by atoms with Crippen LogP contribution < -0.4 is 5.32 Å². The molecule has 0 saturated carbocycles. The first-order valence-electron chi connectivity index (χ1n) is 4.55. The van der Waals surface area contributed by atoms with Gasteiger partial charge < -0.3 is 5.32 Å². The molecule has 0 amide bonds. The smallest absolute Gasteiger partial charge is 0.231 e. The Morgan fingerprint density at radius 1 is 1.46 bits per heavy atom. The van der Waals surface area contributed by atoms with Gasteiger partial charge in [-0.15, -0.1) is 10.2 Å². The highest BCUT2D eigenvalue weighted by Crippen LogP contribution is 2.16. The van der Waals surface area contributed by atoms with E-state index in [2.05, 4.69) is 25.9 Å². The number of rotatable bonds is 3. The zero-order chi connectivity index (χ0) is 8.93. The van der Waals surface area contributed by atoms with E-state index in [0.29, 0.717) is 6.04 Å². The third kappa shape index (κ3) is 2.67. The average molecular weight is 199 g/mol. The topological polar surface area (TPSA) is 66.5 Å². The third-order valence-corrected chi connectivity index (χ3v) is 3.15. The van der Waals surface area contributed by atoms with Crippen LogP contribution in [0.4, 0.5) is 0 Å². The molecule has 1 aromatic heterocycles. The van der Waals surface area contributed by atoms with Gasteiger partial charge in [0.05, 0.1) is 0 Å². The van der Waals surface area contributed by atoms with Gasteiger partial charge in [0.25, 0.3) is 0 Å². The molecule has 1 aromatic rings. The summed E-state index contributed by atoms with van der Waals surface area (Å²) >= 11 is 1.66. The van der Waals surface area contributed by atoms with Gasteiger partial charge in [0.1, 0.15) is 0 Å². The van der Waals surface area contributed by atoms with Crippen molar-refractivity contribution >= 4 is 11.8 Å². The summed E-state index contributed by atoms with van der Waals surface area (Å²) in [6, 6.07) is 0.622. The van der Waals surface area contributed by atoms with Crippen molar-refractivity contribution in [2.75, 3.05) is 12.3 Å². The largest absolute Gasteiger partial charge is 0.313 e. The predicted molar refractivity (Wildman–Crippen MR) is 50.5 cm³/mol. The van der Waals surface area contributed by atoms with E-state index in [9.17, 15) is 0 Å². The van der Waals surface area contributed by atoms with Gasteiger partial charge in [0.15, 0.2) is 0 Å². The highest BCUT2D eigenvalue weighted by molar-refractivity contribution is 7.99. The Morgan fingerprint density at radius 3 is 3.15 bits per heavy atom. The molecule has 2 heterocycles. The number of nitrogens with zero attached hydrogens (tertiary/aromatic N) is 3. The zero-order valence-electron chi connectivity index (χ0n) is 7.36. The first-order chi connectivity index (χ1) is 6.45. The van der Waals surface area contributed by atoms with E-state index in [1.807, 2.05) is 0 Å². The van der Waals surface area contributed by atoms with E-state index in [1.54, 1.807) is 11.8 Å². The van der Waals surface area contributed by atoms with Crippen LogP contribution in [-0.4, -0.2) is 39.0 Å². The van der Waals surface area contributed by atoms with Crippen LogP contribution in [0.5, 0.6) is 0 Å². The molecule has 1 aliphatic rings. The predicted octanol–water partition coefficient (Wildman–Crippen LogP) is 0.434. The zero-order valence-corrected chi connectivity index (χ0v) is 8.18. The van der Waals surface area contributed by atoms with Crippen molar-refractivity contribution in [3.8, 4) is 0 Å². The minimum atomic E-state index is 0.622. The lowest BCUT2D eigenvalue weighted by atomic mass is 10.1. The molecule has 5 nitrogen and oxygen atoms in total. The first kappa shape index (κ1) is 8.96. The second-order valence-electron chi connectivity index (χ2n) is 3.15. The fourth-order valence-corrected chi connectivity index (χ4v) is 2.29. The number of piperidine rings is 1. The molecule has 1 aliphatic heterocycles. The van der Waals surface area contributed by atoms with Gasteiger partial charge >= 0.3 is 0 Å². The molecule has 0 aliphatic carbocycles. The molecular weight excluding hydrogens is 186 g/mol. The average Bonchev–Trinajstić information content (AvgIpc) is 2.69. The minimum absolute atomic E-state index is 0.622. The van der Waals surface area contributed by atoms with Crippen molar-refractivity contribution in [3.63, 3.8) is 0 Å². The molecular formula is C7H13N5S. The fraction of sp³-hybridized carbons (Fsp3) is 0.857. The molecule has 6 heteroatoms. The quantitative estimate of drug-likeness (QED) is 0.691. The summed E-state index contributed by atoms with van der Waals surface area (Å²) in [5, 5.41) is 17.9. The van der Waals surface area contributed by atoms with E-state index < -0.39 is 0 Å². The van der Waals surface area contributed by atoms with E-state index in [1.165, 1.54) is 19.3 Å². The molecule has 1 unspecified atom stereocenters. The Labute approximate surface area is 81.1 Å². The van der Waals surface area contributed by atoms with Crippen molar-refractivity contribution in [1.82, 2.24) is 25.9 Å². The number of aromatic nitrogens is 4. The van der Waals surface area contributed by atoms with E-state index in [0.717, 1.165) is 17.5 Å². The second kappa shape index (κ2) is 4.57. The molecule has 0 aromatic carbocycles. The molecule has 0 spiro atoms. The summed E-state index contributed by atoms with van der Waals surface area (Å²) < 4.78 is 0. The summed E-state index contributed by atoms with van der Waals surface area (Å²) in [6.07, 6.45) is 3.92. The van der Waals surface area contributed by atoms with Crippen molar-refractivity contribution in [3.05, 3.63) is 0 Å². The van der Waals surface area contributed by atoms with Crippen LogP contribution >= 0.6 is 11.8 Å². The first-order valence-corrected chi connectivity index (χ1v) is 5.53. The van der Waals surface area contributed by atoms with Crippen LogP contribution in [-0.2, 0) is 0 Å². The van der Waals surface area contributed by atoms with Gasteiger partial charge in [-0.05, 0) is 24.6 Å². The van der Waals surface area contributed by atoms with Crippen LogP contribution in [0.15, 0.2) is 5.16 Å². The number of tetrazole rings is 1. The van der Waals surface area contributed by atoms with Crippen molar-refractivity contribution in [2.24, 2.45) is 0 Å². The Morgan fingerprint density at radius 2 is 2.46 bits per heavy atom. The van der Waals surface area contributed by atoms with Crippen LogP contribution in [0.1, 0.15) is 19.3 Å². The molecule has 1 saturated heterocycles. The molecule has 0 radical (unpaired) electrons. The van der Waals surface area contributed by atoms with Gasteiger partial charge in [-0.3, -0.25) is 0 Å². The standard InChI is InChI=1S/C7H13N5S/c1-2-4-8-6(3-1)5-13-7-9-11-12-10-7/h6,8H,1-5H2,(H,9,10,11,12). The fourth-order valence-electron chi connectivity index (χ4n) is 1.46. The number of H-pyrrole nitrogens is 1. The summed E-state index contributed by atoms with van der Waals surface area (Å²) in [6.45, 7) is 1.15. The van der Waals surface area contributed by atoms with E-state index in [4.69, 9.17) is 0 Å². The number of hydrogen-bond acceptors (Lipinski definition) is 5. The molecule has 1 fully saturated rings. The van der Waals surface area contributed by atoms with Crippen LogP contribution in [0.3, 0.4) is 0 Å². The molecule has 0 bridgehead atoms. The van der Waals surface area contributed by atoms with Crippen molar-refractivity contribution in [1.29, 1.82) is 0 Å². The van der Waals surface area contributed by atoms with E-state index >= 15 is 0 Å². The Bertz CT molecular complexity index is 231. The van der Waals surface area contributed by atoms with Gasteiger partial charge in [-0.25, -0.2) is 0 Å². The third-order valence-electron chi connectivity index (χ3n) is 2.15. The van der Waals surface area contributed by atoms with Gasteiger partial charge in [0.2, 0.25) is 5.16 Å². The van der Waals surface area contributed by atoms with Crippen molar-refractivity contribution < 1.29 is 0 Å². The second-order valence-corrected chi connectivity index (χ2v) is 4.14. The maximum Gasteiger partial charge on any atom is 0.231 e. The monoisotopic (exact) mass is 199 g/mol. The number of aromatic amines is 1. The summed E-state index contributed by atoms with van der Waals surface area (Å²) in [4.78, 5) is 0. The Kier molecular flexibility index (Phi) is 3.15. The Hall–Kier alpha value is -0.620. The molecule has 13 heavy (non-hydrogen) atoms. The van der Waals surface area contributed by atoms with Gasteiger partial charge in [-0.2, -0.15) is 5.21 Å². The summed E-state index contributed by atoms with van der Waals surface area (Å²) in [5.74, 6) is 1.04. The SMILES string of the molecule is C1CCC(CSc2nn[nH]n2)NC1. The maximum atomic E-state index is 3.89. The Balaban J connectivity index is 1.72. The van der Waals surface area contributed by atoms with Crippen molar-refractivity contribution in [2.45, 2.75) is 30.5 Å². The van der Waals surface area contributed by atoms with Crippen LogP contribution in [0.25, 0.3) is 0 Å². The lowest BCUT2D eigenvalue weighted by molar-refractivity contribution is 0.429. The number of thioether (sulfide) groups is 1. The highest BCUT2D eigenvalue weighted by atomic mass is 32.2. The summed E-state index contributed by atoms with van der Waals surface area (Å²) in [7, 11) is 0. The summed E-state index contributed by atoms with van der Waals surface area (Å²) in [5.41, 5.74) is 0. The van der Waals surface area contributed by atoms with Gasteiger partial charge in [0, 0.05) is 11.8 Å². The van der Waals surface area contributed by atoms with Crippen LogP contribution in [0.2, 0.25) is 0 Å². The number of nitrogens with one attached hydrogen (secondary N) is 2. The maximum absolute atomic E-state index is 3.89. The van der Waals surface area contributed by atoms with Gasteiger partial charge in [-0.1, -0.05) is 18.2 Å². The lowest BCUT2D eigenvalue weighted by Crippen LogP contribution is -2.35. The number of hydrogen-bond donors (Lipinski definition) is 2. The van der Waals surface area contributed by atoms with E-state index in [-0.39, 0.29) is 0 Å². The minimum Gasteiger partial charge on any atom is -0.313 e. The van der Waals surface area contributed by atoms with Crippen LogP contribution in [0, 0.1) is 0 Å². The molecule has 2 N–H and O–H groups in total. The molecule has 72 valence electrons. The molecule has 2 rings (SSSR count). The normalized spacial score (nSPS) is 23.2. The highest BCUT2D eigenvalue weighted by Gasteiger charge is 2.13. The lowest BCUT2D eigenvalue weighted by Gasteiger charge is -2.22. The molecule has 1 atom stereocenters.